The van der Waals surface area contributed by atoms with Gasteiger partial charge in [0.15, 0.2) is 0 Å². The van der Waals surface area contributed by atoms with Crippen molar-refractivity contribution in [1.29, 1.82) is 0 Å². The van der Waals surface area contributed by atoms with Crippen LogP contribution in [0.15, 0.2) is 90.0 Å². The molecule has 0 spiro atoms. The topological polar surface area (TPSA) is 0 Å². The Kier molecular flexibility index (Phi) is 5.91. The van der Waals surface area contributed by atoms with E-state index in [-0.39, 0.29) is 0 Å². The maximum atomic E-state index is 2.87. The summed E-state index contributed by atoms with van der Waals surface area (Å²) in [5.74, 6) is -1.31. The molecular formula is C31H37SiZr. The second-order valence-corrected chi connectivity index (χ2v) is 46.7. The Morgan fingerprint density at radius 2 is 1.06 bits per heavy atom. The van der Waals surface area contributed by atoms with E-state index in [1.807, 2.05) is 0 Å². The molecule has 2 aliphatic rings. The summed E-state index contributed by atoms with van der Waals surface area (Å²) in [4.78, 5) is 0. The quantitative estimate of drug-likeness (QED) is 0.283. The fourth-order valence-corrected chi connectivity index (χ4v) is 45.6. The molecular weight excluding hydrogens is 492 g/mol. The third-order valence-electron chi connectivity index (χ3n) is 9.34. The van der Waals surface area contributed by atoms with E-state index in [2.05, 4.69) is 121 Å². The van der Waals surface area contributed by atoms with Crippen molar-refractivity contribution < 1.29 is 17.9 Å². The molecule has 5 rings (SSSR count). The molecule has 0 saturated carbocycles. The predicted octanol–water partition coefficient (Wildman–Crippen LogP) is 8.13. The number of hydrogen-bond donors (Lipinski definition) is 0. The van der Waals surface area contributed by atoms with Gasteiger partial charge in [0.1, 0.15) is 0 Å². The molecule has 0 aromatic heterocycles. The van der Waals surface area contributed by atoms with Gasteiger partial charge in [-0.25, -0.2) is 0 Å². The van der Waals surface area contributed by atoms with Crippen LogP contribution in [0.4, 0.5) is 0 Å². The van der Waals surface area contributed by atoms with Gasteiger partial charge in [0.05, 0.1) is 0 Å². The first-order chi connectivity index (χ1) is 15.9. The van der Waals surface area contributed by atoms with Crippen molar-refractivity contribution >= 4 is 23.3 Å². The van der Waals surface area contributed by atoms with Crippen molar-refractivity contribution in [2.75, 3.05) is 0 Å². The van der Waals surface area contributed by atoms with Gasteiger partial charge in [-0.05, 0) is 0 Å². The number of benzene rings is 3. The van der Waals surface area contributed by atoms with Crippen molar-refractivity contribution in [3.05, 3.63) is 112 Å². The molecule has 0 heterocycles. The average Bonchev–Trinajstić information content (AvgIpc) is 3.43. The molecule has 0 saturated heterocycles. The molecule has 0 bridgehead atoms. The van der Waals surface area contributed by atoms with E-state index >= 15 is 0 Å². The molecule has 0 aliphatic heterocycles. The Balaban J connectivity index is 1.83. The normalized spacial score (nSPS) is 21.4. The number of allylic oxidation sites excluding steroid dienone is 2. The first kappa shape index (κ1) is 23.0. The van der Waals surface area contributed by atoms with Crippen molar-refractivity contribution in [2.45, 2.75) is 49.8 Å². The van der Waals surface area contributed by atoms with E-state index in [1.165, 1.54) is 11.1 Å². The second kappa shape index (κ2) is 8.47. The number of rotatable bonds is 6. The monoisotopic (exact) mass is 527 g/mol. The van der Waals surface area contributed by atoms with Crippen LogP contribution in [0.3, 0.4) is 0 Å². The van der Waals surface area contributed by atoms with Gasteiger partial charge in [0.2, 0.25) is 0 Å². The third kappa shape index (κ3) is 3.40. The molecule has 2 heteroatoms. The third-order valence-corrected chi connectivity index (χ3v) is 52.3. The summed E-state index contributed by atoms with van der Waals surface area (Å²) in [6.07, 6.45) is 7.42. The zero-order valence-corrected chi connectivity index (χ0v) is 24.4. The van der Waals surface area contributed by atoms with E-state index in [9.17, 15) is 0 Å². The fourth-order valence-electron chi connectivity index (χ4n) is 7.47. The Morgan fingerprint density at radius 1 is 0.636 bits per heavy atom. The van der Waals surface area contributed by atoms with Crippen LogP contribution in [0.5, 0.6) is 0 Å². The molecule has 3 atom stereocenters. The first-order valence-corrected chi connectivity index (χ1v) is 27.0. The minimum absolute atomic E-state index is 0.626. The second-order valence-electron chi connectivity index (χ2n) is 11.1. The fraction of sp³-hybridized carbons (Fsp3) is 0.290. The van der Waals surface area contributed by atoms with E-state index in [0.717, 1.165) is 12.8 Å². The molecule has 3 aromatic carbocycles. The molecule has 2 aliphatic carbocycles. The van der Waals surface area contributed by atoms with Gasteiger partial charge < -0.3 is 0 Å². The zero-order chi connectivity index (χ0) is 23.2. The summed E-state index contributed by atoms with van der Waals surface area (Å²) in [6, 6.07) is 30.3. The van der Waals surface area contributed by atoms with Crippen LogP contribution >= 0.6 is 0 Å². The van der Waals surface area contributed by atoms with Gasteiger partial charge in [0.25, 0.3) is 0 Å². The number of fused-ring (bicyclic) bond motifs is 2. The maximum absolute atomic E-state index is 3.67. The number of hydrogen-bond acceptors (Lipinski definition) is 0. The summed E-state index contributed by atoms with van der Waals surface area (Å²) < 4.78 is 7.00. The molecule has 3 aromatic rings. The van der Waals surface area contributed by atoms with Crippen molar-refractivity contribution in [3.63, 3.8) is 0 Å². The summed E-state index contributed by atoms with van der Waals surface area (Å²) in [5.41, 5.74) is 9.60. The van der Waals surface area contributed by atoms with Crippen molar-refractivity contribution in [1.82, 2.24) is 0 Å². The molecule has 33 heavy (non-hydrogen) atoms. The molecule has 3 unspecified atom stereocenters. The minimum atomic E-state index is -3.67. The van der Waals surface area contributed by atoms with Crippen LogP contribution in [-0.2, 0) is 17.9 Å². The Morgan fingerprint density at radius 3 is 1.52 bits per heavy atom. The van der Waals surface area contributed by atoms with Crippen LogP contribution < -0.4 is 5.19 Å². The van der Waals surface area contributed by atoms with Crippen molar-refractivity contribution in [3.8, 4) is 0 Å². The van der Waals surface area contributed by atoms with Gasteiger partial charge in [-0.3, -0.25) is 0 Å². The Labute approximate surface area is 202 Å². The van der Waals surface area contributed by atoms with Gasteiger partial charge >= 0.3 is 203 Å². The summed E-state index contributed by atoms with van der Waals surface area (Å²) >= 11 is -3.67. The Bertz CT molecular complexity index is 1180. The zero-order valence-electron chi connectivity index (χ0n) is 20.8. The van der Waals surface area contributed by atoms with Gasteiger partial charge in [0, 0.05) is 0 Å². The molecule has 0 fully saturated rings. The Hall–Kier alpha value is -1.76. The standard InChI is InChI=1S/2C11H11.C7H9Si.2CH3.Zr/c2*1-2-9-7-10-5-3-4-6-11(10)8-9;1-8-7-5-3-2-4-6-7;;;/h2*3-8H,2H2,1H3;2-6,8H,1H3;2*1H3;. The summed E-state index contributed by atoms with van der Waals surface area (Å²) in [7, 11) is 0. The summed E-state index contributed by atoms with van der Waals surface area (Å²) in [6.45, 7) is 7.48. The molecule has 169 valence electrons. The molecule has 0 radical (unpaired) electrons. The van der Waals surface area contributed by atoms with E-state index in [0.29, 0.717) is 7.25 Å². The average molecular weight is 529 g/mol. The van der Waals surface area contributed by atoms with Crippen molar-refractivity contribution in [2.24, 2.45) is 0 Å². The van der Waals surface area contributed by atoms with Gasteiger partial charge in [-0.15, -0.1) is 0 Å². The molecule has 0 nitrogen and oxygen atoms in total. The van der Waals surface area contributed by atoms with Crippen LogP contribution in [-0.4, -0.2) is 5.92 Å². The SMILES string of the molecule is CCC1=Cc2ccccc2[CH]1[Zr]([CH3])([CH3])([CH]1C(CC)=Cc2ccccc21)[SiH](C)c1ccccc1. The molecule has 0 amide bonds. The first-order valence-electron chi connectivity index (χ1n) is 12.7. The predicted molar refractivity (Wildman–Crippen MR) is 146 cm³/mol. The van der Waals surface area contributed by atoms with Crippen LogP contribution in [0.2, 0.25) is 15.8 Å². The van der Waals surface area contributed by atoms with E-state index < -0.39 is 23.9 Å². The van der Waals surface area contributed by atoms with E-state index in [4.69, 9.17) is 0 Å². The molecule has 0 N–H and O–H groups in total. The van der Waals surface area contributed by atoms with Gasteiger partial charge in [-0.1, -0.05) is 0 Å². The van der Waals surface area contributed by atoms with Crippen LogP contribution in [0.1, 0.15) is 56.2 Å². The van der Waals surface area contributed by atoms with Crippen LogP contribution in [0, 0.1) is 0 Å². The van der Waals surface area contributed by atoms with Gasteiger partial charge in [-0.2, -0.15) is 0 Å². The van der Waals surface area contributed by atoms with Crippen LogP contribution in [0.25, 0.3) is 12.2 Å². The van der Waals surface area contributed by atoms with E-state index in [1.54, 1.807) is 27.5 Å². The summed E-state index contributed by atoms with van der Waals surface area (Å²) in [5, 5.41) is 1.66.